The molecule has 5 heteroatoms. The Bertz CT molecular complexity index is 703. The van der Waals surface area contributed by atoms with E-state index in [-0.39, 0.29) is 6.04 Å². The smallest absolute Gasteiger partial charge is 0.174 e. The summed E-state index contributed by atoms with van der Waals surface area (Å²) in [7, 11) is 0. The maximum absolute atomic E-state index is 4.43. The summed E-state index contributed by atoms with van der Waals surface area (Å²) in [5.41, 5.74) is 1.23. The Kier molecular flexibility index (Phi) is 2.86. The van der Waals surface area contributed by atoms with Gasteiger partial charge in [0.1, 0.15) is 0 Å². The number of benzene rings is 1. The summed E-state index contributed by atoms with van der Waals surface area (Å²) in [6.45, 7) is 1.85. The summed E-state index contributed by atoms with van der Waals surface area (Å²) in [5, 5.41) is 14.4. The summed E-state index contributed by atoms with van der Waals surface area (Å²) in [6, 6.07) is 14.7. The minimum absolute atomic E-state index is 0.131. The molecule has 0 radical (unpaired) electrons. The van der Waals surface area contributed by atoms with Crippen LogP contribution in [0.15, 0.2) is 47.8 Å². The van der Waals surface area contributed by atoms with Gasteiger partial charge in [0.2, 0.25) is 0 Å². The Morgan fingerprint density at radius 1 is 1.10 bits per heavy atom. The molecule has 0 amide bonds. The second-order valence-corrected chi connectivity index (χ2v) is 5.76. The third-order valence-corrected chi connectivity index (χ3v) is 4.46. The highest BCUT2D eigenvalue weighted by molar-refractivity contribution is 7.13. The molecule has 3 heterocycles. The largest absolute Gasteiger partial charge is 0.307 e. The highest BCUT2D eigenvalue weighted by Gasteiger charge is 2.26. The van der Waals surface area contributed by atoms with Gasteiger partial charge in [0.15, 0.2) is 11.6 Å². The molecule has 0 fully saturated rings. The number of hydrogen-bond donors (Lipinski definition) is 1. The normalized spacial score (nSPS) is 17.9. The van der Waals surface area contributed by atoms with Crippen molar-refractivity contribution in [3.05, 3.63) is 59.2 Å². The maximum atomic E-state index is 4.43. The molecule has 0 aliphatic carbocycles. The van der Waals surface area contributed by atoms with Crippen LogP contribution in [-0.4, -0.2) is 21.3 Å². The van der Waals surface area contributed by atoms with E-state index in [0.717, 1.165) is 24.7 Å². The van der Waals surface area contributed by atoms with Gasteiger partial charge in [0.25, 0.3) is 0 Å². The van der Waals surface area contributed by atoms with Gasteiger partial charge in [-0.25, -0.2) is 0 Å². The average Bonchev–Trinajstić information content (AvgIpc) is 3.16. The van der Waals surface area contributed by atoms with Crippen molar-refractivity contribution in [1.29, 1.82) is 0 Å². The first-order valence-corrected chi connectivity index (χ1v) is 7.57. The zero-order chi connectivity index (χ0) is 13.4. The fraction of sp³-hybridized carbons (Fsp3) is 0.200. The molecule has 20 heavy (non-hydrogen) atoms. The Morgan fingerprint density at radius 2 is 2.00 bits per heavy atom. The molecular formula is C15H14N4S. The number of fused-ring (bicyclic) bond motifs is 1. The van der Waals surface area contributed by atoms with Crippen molar-refractivity contribution in [1.82, 2.24) is 20.1 Å². The summed E-state index contributed by atoms with van der Waals surface area (Å²) >= 11 is 1.71. The van der Waals surface area contributed by atoms with E-state index in [1.54, 1.807) is 11.3 Å². The Balaban J connectivity index is 1.80. The summed E-state index contributed by atoms with van der Waals surface area (Å²) in [6.07, 6.45) is 0. The zero-order valence-corrected chi connectivity index (χ0v) is 11.7. The van der Waals surface area contributed by atoms with E-state index in [2.05, 4.69) is 61.9 Å². The van der Waals surface area contributed by atoms with Crippen molar-refractivity contribution in [2.24, 2.45) is 0 Å². The van der Waals surface area contributed by atoms with E-state index < -0.39 is 0 Å². The molecule has 100 valence electrons. The quantitative estimate of drug-likeness (QED) is 0.786. The molecule has 1 unspecified atom stereocenters. The molecule has 0 spiro atoms. The number of hydrogen-bond acceptors (Lipinski definition) is 4. The van der Waals surface area contributed by atoms with Gasteiger partial charge in [-0.15, -0.1) is 21.5 Å². The molecule has 1 aromatic carbocycles. The van der Waals surface area contributed by atoms with Crippen LogP contribution in [0.5, 0.6) is 0 Å². The Hall–Kier alpha value is -1.98. The van der Waals surface area contributed by atoms with Crippen molar-refractivity contribution >= 4 is 11.3 Å². The van der Waals surface area contributed by atoms with E-state index in [4.69, 9.17) is 0 Å². The minimum Gasteiger partial charge on any atom is -0.307 e. The second-order valence-electron chi connectivity index (χ2n) is 4.81. The number of thiophene rings is 1. The second kappa shape index (κ2) is 4.85. The van der Waals surface area contributed by atoms with E-state index in [0.29, 0.717) is 0 Å². The first kappa shape index (κ1) is 11.8. The Morgan fingerprint density at radius 3 is 2.80 bits per heavy atom. The van der Waals surface area contributed by atoms with Gasteiger partial charge in [-0.05, 0) is 17.0 Å². The molecular weight excluding hydrogens is 268 g/mol. The lowest BCUT2D eigenvalue weighted by atomic mass is 10.1. The standard InChI is InChI=1S/C15H14N4S/c1-2-5-11(6-3-1)13-15-18-17-14(12-7-4-10-20-12)19(15)9-8-16-13/h1-7,10,13,16H,8-9H2. The summed E-state index contributed by atoms with van der Waals surface area (Å²) in [5.74, 6) is 1.99. The topological polar surface area (TPSA) is 42.7 Å². The lowest BCUT2D eigenvalue weighted by Crippen LogP contribution is -2.34. The van der Waals surface area contributed by atoms with Crippen molar-refractivity contribution in [3.63, 3.8) is 0 Å². The third kappa shape index (κ3) is 1.87. The van der Waals surface area contributed by atoms with Crippen LogP contribution in [0, 0.1) is 0 Å². The van der Waals surface area contributed by atoms with Gasteiger partial charge in [0.05, 0.1) is 10.9 Å². The monoisotopic (exact) mass is 282 g/mol. The van der Waals surface area contributed by atoms with Crippen LogP contribution in [0.3, 0.4) is 0 Å². The molecule has 3 aromatic rings. The Labute approximate surface area is 121 Å². The summed E-state index contributed by atoms with van der Waals surface area (Å²) in [4.78, 5) is 1.18. The van der Waals surface area contributed by atoms with Gasteiger partial charge in [-0.1, -0.05) is 36.4 Å². The van der Waals surface area contributed by atoms with Gasteiger partial charge < -0.3 is 9.88 Å². The molecule has 1 atom stereocenters. The average molecular weight is 282 g/mol. The van der Waals surface area contributed by atoms with Crippen molar-refractivity contribution in [2.45, 2.75) is 12.6 Å². The van der Waals surface area contributed by atoms with E-state index in [9.17, 15) is 0 Å². The first-order valence-electron chi connectivity index (χ1n) is 6.69. The van der Waals surface area contributed by atoms with Crippen molar-refractivity contribution in [2.75, 3.05) is 6.54 Å². The lowest BCUT2D eigenvalue weighted by Gasteiger charge is -2.25. The van der Waals surface area contributed by atoms with Gasteiger partial charge in [-0.2, -0.15) is 0 Å². The number of nitrogens with zero attached hydrogens (tertiary/aromatic N) is 3. The molecule has 0 saturated carbocycles. The number of rotatable bonds is 2. The van der Waals surface area contributed by atoms with Crippen LogP contribution in [0.25, 0.3) is 10.7 Å². The van der Waals surface area contributed by atoms with Gasteiger partial charge >= 0.3 is 0 Å². The summed E-state index contributed by atoms with van der Waals surface area (Å²) < 4.78 is 2.24. The van der Waals surface area contributed by atoms with Crippen LogP contribution in [-0.2, 0) is 6.54 Å². The van der Waals surface area contributed by atoms with Gasteiger partial charge in [0, 0.05) is 13.1 Å². The van der Waals surface area contributed by atoms with Crippen LogP contribution < -0.4 is 5.32 Å². The molecule has 2 aromatic heterocycles. The molecule has 1 N–H and O–H groups in total. The fourth-order valence-electron chi connectivity index (χ4n) is 2.66. The predicted octanol–water partition coefficient (Wildman–Crippen LogP) is 2.70. The third-order valence-electron chi connectivity index (χ3n) is 3.60. The van der Waals surface area contributed by atoms with E-state index in [1.165, 1.54) is 10.4 Å². The van der Waals surface area contributed by atoms with Gasteiger partial charge in [-0.3, -0.25) is 0 Å². The molecule has 0 saturated heterocycles. The highest BCUT2D eigenvalue weighted by Crippen LogP contribution is 2.29. The number of nitrogens with one attached hydrogen (secondary N) is 1. The molecule has 1 aliphatic rings. The van der Waals surface area contributed by atoms with Crippen LogP contribution in [0.2, 0.25) is 0 Å². The molecule has 4 rings (SSSR count). The van der Waals surface area contributed by atoms with E-state index in [1.807, 2.05) is 6.07 Å². The lowest BCUT2D eigenvalue weighted by molar-refractivity contribution is 0.458. The molecule has 4 nitrogen and oxygen atoms in total. The first-order chi connectivity index (χ1) is 9.93. The van der Waals surface area contributed by atoms with Crippen molar-refractivity contribution in [3.8, 4) is 10.7 Å². The van der Waals surface area contributed by atoms with Crippen LogP contribution in [0.4, 0.5) is 0 Å². The highest BCUT2D eigenvalue weighted by atomic mass is 32.1. The SMILES string of the molecule is c1ccc(C2NCCn3c(-c4cccs4)nnc32)cc1. The predicted molar refractivity (Wildman–Crippen MR) is 79.6 cm³/mol. The molecule has 1 aliphatic heterocycles. The fourth-order valence-corrected chi connectivity index (χ4v) is 3.38. The van der Waals surface area contributed by atoms with Crippen LogP contribution >= 0.6 is 11.3 Å². The van der Waals surface area contributed by atoms with Crippen LogP contribution in [0.1, 0.15) is 17.4 Å². The van der Waals surface area contributed by atoms with Crippen molar-refractivity contribution < 1.29 is 0 Å². The minimum atomic E-state index is 0.131. The maximum Gasteiger partial charge on any atom is 0.174 e. The zero-order valence-electron chi connectivity index (χ0n) is 10.9. The molecule has 0 bridgehead atoms. The number of aromatic nitrogens is 3. The van der Waals surface area contributed by atoms with E-state index >= 15 is 0 Å².